The zero-order chi connectivity index (χ0) is 34.5. The van der Waals surface area contributed by atoms with Gasteiger partial charge in [-0.3, -0.25) is 9.36 Å². The maximum atomic E-state index is 14.4. The van der Waals surface area contributed by atoms with E-state index in [0.29, 0.717) is 49.0 Å². The van der Waals surface area contributed by atoms with E-state index in [1.54, 1.807) is 49.4 Å². The van der Waals surface area contributed by atoms with Crippen molar-refractivity contribution >= 4 is 35.0 Å². The third kappa shape index (κ3) is 6.74. The van der Waals surface area contributed by atoms with Crippen molar-refractivity contribution < 1.29 is 33.6 Å². The van der Waals surface area contributed by atoms with Crippen LogP contribution in [-0.4, -0.2) is 42.4 Å². The number of aromatic carboxylic acids is 1. The maximum Gasteiger partial charge on any atom is 0.338 e. The van der Waals surface area contributed by atoms with Crippen molar-refractivity contribution in [2.75, 3.05) is 20.8 Å². The number of esters is 1. The third-order valence-corrected chi connectivity index (χ3v) is 8.88. The van der Waals surface area contributed by atoms with Crippen LogP contribution >= 0.6 is 11.3 Å². The highest BCUT2D eigenvalue weighted by Crippen LogP contribution is 2.38. The molecule has 1 aromatic heterocycles. The summed E-state index contributed by atoms with van der Waals surface area (Å²) in [6.45, 7) is 2.05. The molecule has 49 heavy (non-hydrogen) atoms. The molecular weight excluding hydrogens is 644 g/mol. The van der Waals surface area contributed by atoms with E-state index in [2.05, 4.69) is 0 Å². The smallest absolute Gasteiger partial charge is 0.338 e. The van der Waals surface area contributed by atoms with E-state index in [0.717, 1.165) is 5.56 Å². The number of carboxylic acid groups (broad SMARTS) is 1. The number of benzene rings is 4. The lowest BCUT2D eigenvalue weighted by Gasteiger charge is -2.26. The summed E-state index contributed by atoms with van der Waals surface area (Å²) in [5.74, 6) is -0.123. The van der Waals surface area contributed by atoms with Crippen LogP contribution < -0.4 is 29.1 Å². The molecule has 10 nitrogen and oxygen atoms in total. The molecule has 5 aromatic rings. The van der Waals surface area contributed by atoms with Crippen LogP contribution in [0.3, 0.4) is 0 Å². The van der Waals surface area contributed by atoms with Crippen molar-refractivity contribution in [3.63, 3.8) is 0 Å². The Labute approximate surface area is 285 Å². The molecule has 0 bridgehead atoms. The van der Waals surface area contributed by atoms with Crippen molar-refractivity contribution in [1.82, 2.24) is 4.57 Å². The van der Waals surface area contributed by atoms with Crippen molar-refractivity contribution in [3.8, 4) is 17.2 Å². The lowest BCUT2D eigenvalue weighted by molar-refractivity contribution is -0.138. The molecule has 4 aromatic carbocycles. The van der Waals surface area contributed by atoms with Gasteiger partial charge in [-0.2, -0.15) is 0 Å². The fourth-order valence-corrected chi connectivity index (χ4v) is 6.55. The highest BCUT2D eigenvalue weighted by Gasteiger charge is 2.35. The Balaban J connectivity index is 1.51. The summed E-state index contributed by atoms with van der Waals surface area (Å²) in [4.78, 5) is 44.7. The second-order valence-electron chi connectivity index (χ2n) is 10.9. The van der Waals surface area contributed by atoms with Gasteiger partial charge in [0.15, 0.2) is 16.3 Å². The van der Waals surface area contributed by atoms with Crippen molar-refractivity contribution in [2.45, 2.75) is 19.6 Å². The first-order valence-corrected chi connectivity index (χ1v) is 16.2. The van der Waals surface area contributed by atoms with Gasteiger partial charge < -0.3 is 24.1 Å². The van der Waals surface area contributed by atoms with Gasteiger partial charge in [0, 0.05) is 11.1 Å². The number of carbonyl (C=O) groups excluding carboxylic acids is 1. The first-order valence-electron chi connectivity index (χ1n) is 15.4. The molecule has 0 fully saturated rings. The van der Waals surface area contributed by atoms with Gasteiger partial charge in [0.25, 0.3) is 5.56 Å². The lowest BCUT2D eigenvalue weighted by atomic mass is 9.93. The number of hydrogen-bond acceptors (Lipinski definition) is 9. The average Bonchev–Trinajstić information content (AvgIpc) is 3.44. The quantitative estimate of drug-likeness (QED) is 0.189. The summed E-state index contributed by atoms with van der Waals surface area (Å²) in [5.41, 5.74) is 3.21. The van der Waals surface area contributed by atoms with E-state index >= 15 is 0 Å². The topological polar surface area (TPSA) is 126 Å². The zero-order valence-electron chi connectivity index (χ0n) is 26.9. The molecule has 0 amide bonds. The molecule has 1 N–H and O–H groups in total. The van der Waals surface area contributed by atoms with Crippen molar-refractivity contribution in [3.05, 3.63) is 150 Å². The number of rotatable bonds is 11. The van der Waals surface area contributed by atoms with Gasteiger partial charge in [-0.25, -0.2) is 14.6 Å². The molecule has 1 atom stereocenters. The summed E-state index contributed by atoms with van der Waals surface area (Å²) in [7, 11) is 3.06. The van der Waals surface area contributed by atoms with Crippen LogP contribution in [0.2, 0.25) is 0 Å². The second kappa shape index (κ2) is 14.4. The van der Waals surface area contributed by atoms with Crippen LogP contribution in [0, 0.1) is 0 Å². The molecule has 11 heteroatoms. The number of methoxy groups -OCH3 is 2. The molecule has 1 aliphatic heterocycles. The SMILES string of the molecule is CCOC(=O)C1=C(c2ccccc2)N=c2s/c(=C\c3ccccc3OCc3ccc(C(=O)O)cc3)c(=O)n2[C@@H]1c1ccc(OC)c(OC)c1. The number of para-hydroxylation sites is 1. The van der Waals surface area contributed by atoms with E-state index in [9.17, 15) is 19.5 Å². The Morgan fingerprint density at radius 3 is 2.31 bits per heavy atom. The zero-order valence-corrected chi connectivity index (χ0v) is 27.7. The summed E-state index contributed by atoms with van der Waals surface area (Å²) in [6.07, 6.45) is 1.74. The van der Waals surface area contributed by atoms with Crippen LogP contribution in [0.25, 0.3) is 11.8 Å². The van der Waals surface area contributed by atoms with Gasteiger partial charge in [-0.1, -0.05) is 78.1 Å². The normalized spacial score (nSPS) is 14.1. The van der Waals surface area contributed by atoms with Crippen LogP contribution in [0.1, 0.15) is 45.6 Å². The first kappa shape index (κ1) is 33.0. The molecule has 0 aliphatic carbocycles. The van der Waals surface area contributed by atoms with Gasteiger partial charge in [0.2, 0.25) is 0 Å². The predicted octanol–water partition coefficient (Wildman–Crippen LogP) is 5.23. The Kier molecular flexibility index (Phi) is 9.72. The van der Waals surface area contributed by atoms with Gasteiger partial charge in [-0.05, 0) is 54.5 Å². The average molecular weight is 677 g/mol. The number of aromatic nitrogens is 1. The molecule has 0 radical (unpaired) electrons. The van der Waals surface area contributed by atoms with E-state index in [1.807, 2.05) is 48.5 Å². The van der Waals surface area contributed by atoms with Gasteiger partial charge >= 0.3 is 11.9 Å². The molecule has 1 aliphatic rings. The number of ether oxygens (including phenoxy) is 4. The minimum absolute atomic E-state index is 0.133. The minimum Gasteiger partial charge on any atom is -0.493 e. The highest BCUT2D eigenvalue weighted by molar-refractivity contribution is 7.07. The molecule has 0 unspecified atom stereocenters. The van der Waals surface area contributed by atoms with E-state index in [4.69, 9.17) is 23.9 Å². The molecular formula is C38H32N2O8S. The van der Waals surface area contributed by atoms with Crippen molar-refractivity contribution in [2.24, 2.45) is 4.99 Å². The summed E-state index contributed by atoms with van der Waals surface area (Å²) in [5, 5.41) is 9.20. The summed E-state index contributed by atoms with van der Waals surface area (Å²) < 4.78 is 24.6. The van der Waals surface area contributed by atoms with Gasteiger partial charge in [-0.15, -0.1) is 0 Å². The minimum atomic E-state index is -1.00. The van der Waals surface area contributed by atoms with Crippen LogP contribution in [-0.2, 0) is 16.1 Å². The van der Waals surface area contributed by atoms with Gasteiger partial charge in [0.05, 0.1) is 48.2 Å². The fourth-order valence-electron chi connectivity index (χ4n) is 5.56. The molecule has 0 spiro atoms. The monoisotopic (exact) mass is 676 g/mol. The Hall–Kier alpha value is -5.94. The number of thiazole rings is 1. The lowest BCUT2D eigenvalue weighted by Crippen LogP contribution is -2.40. The number of fused-ring (bicyclic) bond motifs is 1. The van der Waals surface area contributed by atoms with E-state index in [-0.39, 0.29) is 29.9 Å². The standard InChI is InChI=1S/C38H32N2O8S/c1-4-47-37(44)32-33(24-10-6-5-7-11-24)39-38-40(34(32)27-18-19-29(45-2)30(20-27)46-3)35(41)31(49-38)21-26-12-8-9-13-28(26)48-22-23-14-16-25(17-15-23)36(42)43/h5-21,34H,4,22H2,1-3H3,(H,42,43)/b31-21-/t34-/m1/s1. The highest BCUT2D eigenvalue weighted by atomic mass is 32.1. The molecule has 6 rings (SSSR count). The van der Waals surface area contributed by atoms with Crippen LogP contribution in [0.15, 0.2) is 112 Å². The third-order valence-electron chi connectivity index (χ3n) is 7.90. The van der Waals surface area contributed by atoms with Crippen LogP contribution in [0.5, 0.6) is 17.2 Å². The summed E-state index contributed by atoms with van der Waals surface area (Å²) >= 11 is 1.20. The molecule has 0 saturated heterocycles. The first-order chi connectivity index (χ1) is 23.8. The Morgan fingerprint density at radius 2 is 1.61 bits per heavy atom. The molecule has 2 heterocycles. The number of carbonyl (C=O) groups is 2. The molecule has 0 saturated carbocycles. The maximum absolute atomic E-state index is 14.4. The van der Waals surface area contributed by atoms with E-state index < -0.39 is 18.0 Å². The number of hydrogen-bond donors (Lipinski definition) is 1. The van der Waals surface area contributed by atoms with Crippen LogP contribution in [0.4, 0.5) is 0 Å². The Morgan fingerprint density at radius 1 is 0.898 bits per heavy atom. The number of nitrogens with zero attached hydrogens (tertiary/aromatic N) is 2. The second-order valence-corrected chi connectivity index (χ2v) is 11.9. The van der Waals surface area contributed by atoms with Crippen molar-refractivity contribution in [1.29, 1.82) is 0 Å². The van der Waals surface area contributed by atoms with Gasteiger partial charge in [0.1, 0.15) is 12.4 Å². The largest absolute Gasteiger partial charge is 0.493 e. The number of carboxylic acids is 1. The summed E-state index contributed by atoms with van der Waals surface area (Å²) in [6, 6.07) is 27.5. The van der Waals surface area contributed by atoms with E-state index in [1.165, 1.54) is 42.3 Å². The molecule has 248 valence electrons. The fraction of sp³-hybridized carbons (Fsp3) is 0.158. The predicted molar refractivity (Wildman–Crippen MR) is 185 cm³/mol. The Bertz CT molecular complexity index is 2240.